The van der Waals surface area contributed by atoms with E-state index >= 15 is 0 Å². The molecule has 3 heterocycles. The Morgan fingerprint density at radius 3 is 2.90 bits per heavy atom. The molecule has 0 radical (unpaired) electrons. The Morgan fingerprint density at radius 1 is 1.40 bits per heavy atom. The number of halogens is 1. The van der Waals surface area contributed by atoms with Crippen LogP contribution in [0.2, 0.25) is 0 Å². The van der Waals surface area contributed by atoms with Gasteiger partial charge in [0.1, 0.15) is 12.4 Å². The van der Waals surface area contributed by atoms with E-state index in [1.807, 2.05) is 23.1 Å². The van der Waals surface area contributed by atoms with Gasteiger partial charge in [-0.1, -0.05) is 19.9 Å². The zero-order valence-corrected chi connectivity index (χ0v) is 20.7. The number of fused-ring (bicyclic) bond motifs is 1. The second-order valence-electron chi connectivity index (χ2n) is 7.80. The van der Waals surface area contributed by atoms with Crippen LogP contribution in [0.5, 0.6) is 0 Å². The molecule has 30 heavy (non-hydrogen) atoms. The van der Waals surface area contributed by atoms with Gasteiger partial charge in [-0.25, -0.2) is 9.67 Å². The SMILES string of the molecule is CCNC(=NCC(c1cccnc1)C(C)C)NC1CCc2nc(COC)nn2C1.I. The molecule has 0 aliphatic carbocycles. The fourth-order valence-corrected chi connectivity index (χ4v) is 3.67. The number of pyridine rings is 1. The molecule has 3 rings (SSSR count). The third-order valence-corrected chi connectivity index (χ3v) is 5.22. The highest BCUT2D eigenvalue weighted by atomic mass is 127. The maximum Gasteiger partial charge on any atom is 0.191 e. The molecule has 1 aliphatic rings. The van der Waals surface area contributed by atoms with Crippen LogP contribution in [0.1, 0.15) is 50.3 Å². The highest BCUT2D eigenvalue weighted by Gasteiger charge is 2.23. The van der Waals surface area contributed by atoms with Crippen LogP contribution in [-0.4, -0.2) is 51.9 Å². The van der Waals surface area contributed by atoms with Crippen molar-refractivity contribution in [3.05, 3.63) is 41.7 Å². The van der Waals surface area contributed by atoms with E-state index in [1.165, 1.54) is 5.56 Å². The minimum Gasteiger partial charge on any atom is -0.377 e. The molecule has 0 spiro atoms. The number of nitrogens with one attached hydrogen (secondary N) is 2. The molecule has 2 N–H and O–H groups in total. The largest absolute Gasteiger partial charge is 0.377 e. The highest BCUT2D eigenvalue weighted by Crippen LogP contribution is 2.24. The van der Waals surface area contributed by atoms with E-state index in [1.54, 1.807) is 7.11 Å². The van der Waals surface area contributed by atoms with Crippen LogP contribution in [0.25, 0.3) is 0 Å². The molecule has 0 saturated carbocycles. The van der Waals surface area contributed by atoms with E-state index in [0.717, 1.165) is 50.1 Å². The Hall–Kier alpha value is -1.75. The van der Waals surface area contributed by atoms with Crippen molar-refractivity contribution in [3.8, 4) is 0 Å². The van der Waals surface area contributed by atoms with Crippen molar-refractivity contribution in [2.24, 2.45) is 10.9 Å². The zero-order valence-electron chi connectivity index (χ0n) is 18.3. The first kappa shape index (κ1) is 24.5. The lowest BCUT2D eigenvalue weighted by Gasteiger charge is -2.26. The van der Waals surface area contributed by atoms with E-state index < -0.39 is 0 Å². The van der Waals surface area contributed by atoms with Gasteiger partial charge in [0.05, 0.1) is 6.54 Å². The number of aliphatic imine (C=N–C) groups is 1. The number of hydrogen-bond acceptors (Lipinski definition) is 5. The summed E-state index contributed by atoms with van der Waals surface area (Å²) in [6.07, 6.45) is 5.67. The van der Waals surface area contributed by atoms with Crippen molar-refractivity contribution in [1.29, 1.82) is 0 Å². The Bertz CT molecular complexity index is 794. The van der Waals surface area contributed by atoms with Crippen molar-refractivity contribution < 1.29 is 4.74 Å². The predicted octanol–water partition coefficient (Wildman–Crippen LogP) is 2.75. The molecular weight excluding hydrogens is 493 g/mol. The molecule has 0 aromatic carbocycles. The summed E-state index contributed by atoms with van der Waals surface area (Å²) in [7, 11) is 1.67. The number of methoxy groups -OCH3 is 1. The fourth-order valence-electron chi connectivity index (χ4n) is 3.67. The van der Waals surface area contributed by atoms with E-state index in [4.69, 9.17) is 9.73 Å². The van der Waals surface area contributed by atoms with Crippen molar-refractivity contribution in [3.63, 3.8) is 0 Å². The van der Waals surface area contributed by atoms with E-state index in [0.29, 0.717) is 18.4 Å². The van der Waals surface area contributed by atoms with Crippen molar-refractivity contribution >= 4 is 29.9 Å². The average molecular weight is 527 g/mol. The van der Waals surface area contributed by atoms with Gasteiger partial charge in [-0.05, 0) is 30.9 Å². The smallest absolute Gasteiger partial charge is 0.191 e. The number of nitrogens with zero attached hydrogens (tertiary/aromatic N) is 5. The van der Waals surface area contributed by atoms with Gasteiger partial charge in [-0.2, -0.15) is 5.10 Å². The summed E-state index contributed by atoms with van der Waals surface area (Å²) in [5, 5.41) is 11.5. The van der Waals surface area contributed by atoms with Gasteiger partial charge in [0.25, 0.3) is 0 Å². The van der Waals surface area contributed by atoms with Gasteiger partial charge in [0, 0.05) is 51.0 Å². The molecule has 0 amide bonds. The van der Waals surface area contributed by atoms with Gasteiger partial charge in [-0.15, -0.1) is 24.0 Å². The number of guanidine groups is 1. The quantitative estimate of drug-likeness (QED) is 0.312. The summed E-state index contributed by atoms with van der Waals surface area (Å²) in [5.41, 5.74) is 1.23. The lowest BCUT2D eigenvalue weighted by Crippen LogP contribution is -2.47. The monoisotopic (exact) mass is 527 g/mol. The lowest BCUT2D eigenvalue weighted by molar-refractivity contribution is 0.177. The van der Waals surface area contributed by atoms with Crippen molar-refractivity contribution in [1.82, 2.24) is 30.4 Å². The minimum absolute atomic E-state index is 0. The number of aromatic nitrogens is 4. The van der Waals surface area contributed by atoms with E-state index in [-0.39, 0.29) is 30.0 Å². The Kier molecular flexibility index (Phi) is 9.96. The van der Waals surface area contributed by atoms with E-state index in [2.05, 4.69) is 52.5 Å². The molecule has 8 nitrogen and oxygen atoms in total. The van der Waals surface area contributed by atoms with Crippen molar-refractivity contribution in [2.45, 2.75) is 58.7 Å². The second-order valence-corrected chi connectivity index (χ2v) is 7.80. The normalized spacial score (nSPS) is 17.2. The first-order valence-electron chi connectivity index (χ1n) is 10.5. The summed E-state index contributed by atoms with van der Waals surface area (Å²) < 4.78 is 7.14. The van der Waals surface area contributed by atoms with Crippen LogP contribution < -0.4 is 10.6 Å². The molecular formula is C21H34IN7O. The molecule has 1 aliphatic heterocycles. The topological polar surface area (TPSA) is 89.2 Å². The van der Waals surface area contributed by atoms with Crippen LogP contribution in [0.3, 0.4) is 0 Å². The third-order valence-electron chi connectivity index (χ3n) is 5.22. The predicted molar refractivity (Wildman–Crippen MR) is 129 cm³/mol. The minimum atomic E-state index is 0. The average Bonchev–Trinajstić information content (AvgIpc) is 3.11. The summed E-state index contributed by atoms with van der Waals surface area (Å²) in [5.74, 6) is 3.46. The van der Waals surface area contributed by atoms with Crippen LogP contribution >= 0.6 is 24.0 Å². The summed E-state index contributed by atoms with van der Waals surface area (Å²) in [6, 6.07) is 4.40. The molecule has 0 saturated heterocycles. The van der Waals surface area contributed by atoms with Gasteiger partial charge >= 0.3 is 0 Å². The zero-order chi connectivity index (χ0) is 20.6. The number of hydrogen-bond donors (Lipinski definition) is 2. The summed E-state index contributed by atoms with van der Waals surface area (Å²) >= 11 is 0. The summed E-state index contributed by atoms with van der Waals surface area (Å²) in [4.78, 5) is 13.7. The molecule has 166 valence electrons. The van der Waals surface area contributed by atoms with Gasteiger partial charge < -0.3 is 15.4 Å². The fraction of sp³-hybridized carbons (Fsp3) is 0.619. The van der Waals surface area contributed by atoms with Crippen LogP contribution in [-0.2, 0) is 24.3 Å². The number of rotatable bonds is 8. The number of ether oxygens (including phenoxy) is 1. The van der Waals surface area contributed by atoms with Crippen LogP contribution in [0, 0.1) is 5.92 Å². The first-order valence-corrected chi connectivity index (χ1v) is 10.5. The Morgan fingerprint density at radius 2 is 2.23 bits per heavy atom. The Labute approximate surface area is 196 Å². The number of aryl methyl sites for hydroxylation is 1. The molecule has 0 bridgehead atoms. The molecule has 9 heteroatoms. The van der Waals surface area contributed by atoms with Gasteiger partial charge in [0.15, 0.2) is 11.8 Å². The molecule has 2 aromatic rings. The lowest BCUT2D eigenvalue weighted by atomic mass is 9.89. The Balaban J connectivity index is 0.00000320. The molecule has 0 fully saturated rings. The van der Waals surface area contributed by atoms with Gasteiger partial charge in [0.2, 0.25) is 0 Å². The molecule has 2 aromatic heterocycles. The molecule has 2 atom stereocenters. The van der Waals surface area contributed by atoms with E-state index in [9.17, 15) is 0 Å². The third kappa shape index (κ3) is 6.63. The second kappa shape index (κ2) is 12.2. The van der Waals surface area contributed by atoms with Crippen molar-refractivity contribution in [2.75, 3.05) is 20.2 Å². The van der Waals surface area contributed by atoms with Gasteiger partial charge in [-0.3, -0.25) is 9.98 Å². The maximum absolute atomic E-state index is 5.15. The maximum atomic E-state index is 5.15. The standard InChI is InChI=1S/C21H33N7O.HI/c1-5-23-21(24-12-18(15(2)3)16-7-6-10-22-11-16)25-17-8-9-20-26-19(14-29-4)27-28(20)13-17;/h6-7,10-11,15,17-18H,5,8-9,12-14H2,1-4H3,(H2,23,24,25);1H. The summed E-state index contributed by atoms with van der Waals surface area (Å²) in [6.45, 7) is 9.34. The van der Waals surface area contributed by atoms with Crippen LogP contribution in [0.4, 0.5) is 0 Å². The molecule has 2 unspecified atom stereocenters. The highest BCUT2D eigenvalue weighted by molar-refractivity contribution is 14.0. The van der Waals surface area contributed by atoms with Crippen LogP contribution in [0.15, 0.2) is 29.5 Å². The first-order chi connectivity index (χ1) is 14.1.